The summed E-state index contributed by atoms with van der Waals surface area (Å²) in [5.74, 6) is 6.72. The summed E-state index contributed by atoms with van der Waals surface area (Å²) in [4.78, 5) is 0. The highest BCUT2D eigenvalue weighted by atomic mass is 16.3. The number of fused-ring (bicyclic) bond motifs is 1. The highest BCUT2D eigenvalue weighted by Gasteiger charge is 2.15. The van der Waals surface area contributed by atoms with Crippen molar-refractivity contribution in [3.63, 3.8) is 0 Å². The van der Waals surface area contributed by atoms with Crippen LogP contribution in [0.25, 0.3) is 11.0 Å². The molecule has 1 unspecified atom stereocenters. The van der Waals surface area contributed by atoms with Crippen LogP contribution in [-0.2, 0) is 0 Å². The van der Waals surface area contributed by atoms with E-state index in [1.54, 1.807) is 6.92 Å². The molecule has 5 N–H and O–H groups in total. The minimum atomic E-state index is 0.0338. The van der Waals surface area contributed by atoms with E-state index in [1.165, 1.54) is 0 Å². The van der Waals surface area contributed by atoms with Gasteiger partial charge in [0.15, 0.2) is 0 Å². The number of hydrogen-bond acceptors (Lipinski definition) is 5. The van der Waals surface area contributed by atoms with Crippen LogP contribution < -0.4 is 22.0 Å². The number of hydrazine groups is 1. The molecule has 1 aromatic carbocycles. The lowest BCUT2D eigenvalue weighted by Crippen LogP contribution is -2.40. The molecule has 0 aliphatic carbocycles. The van der Waals surface area contributed by atoms with Crippen LogP contribution in [0.1, 0.15) is 25.1 Å². The summed E-state index contributed by atoms with van der Waals surface area (Å²) in [5.41, 5.74) is 7.05. The number of nitrogens with one attached hydrogen (secondary N) is 3. The molecule has 0 radical (unpaired) electrons. The number of nitrogens with zero attached hydrogens (tertiary/aromatic N) is 1. The molecule has 0 spiro atoms. The van der Waals surface area contributed by atoms with Crippen molar-refractivity contribution in [1.29, 1.82) is 0 Å². The fourth-order valence-corrected chi connectivity index (χ4v) is 1.97. The molecular formula is C14H21N5O. The summed E-state index contributed by atoms with van der Waals surface area (Å²) >= 11 is 0. The van der Waals surface area contributed by atoms with E-state index < -0.39 is 0 Å². The van der Waals surface area contributed by atoms with Gasteiger partial charge in [0.2, 0.25) is 0 Å². The van der Waals surface area contributed by atoms with Gasteiger partial charge in [-0.1, -0.05) is 18.2 Å². The first-order chi connectivity index (χ1) is 9.74. The Balaban J connectivity index is 2.15. The van der Waals surface area contributed by atoms with Gasteiger partial charge in [0.1, 0.15) is 17.2 Å². The number of hydrazone groups is 1. The van der Waals surface area contributed by atoms with Crippen LogP contribution in [0, 0.1) is 0 Å². The molecule has 2 aromatic rings. The molecular weight excluding hydrogens is 254 g/mol. The van der Waals surface area contributed by atoms with Crippen LogP contribution in [0.5, 0.6) is 0 Å². The maximum absolute atomic E-state index is 5.89. The zero-order valence-electron chi connectivity index (χ0n) is 11.8. The third-order valence-corrected chi connectivity index (χ3v) is 3.09. The zero-order chi connectivity index (χ0) is 14.4. The number of furan rings is 1. The van der Waals surface area contributed by atoms with Crippen molar-refractivity contribution < 1.29 is 4.42 Å². The zero-order valence-corrected chi connectivity index (χ0v) is 11.8. The fraction of sp³-hybridized carbons (Fsp3) is 0.357. The van der Waals surface area contributed by atoms with E-state index in [4.69, 9.17) is 10.3 Å². The van der Waals surface area contributed by atoms with Crippen LogP contribution in [0.4, 0.5) is 0 Å². The molecule has 108 valence electrons. The van der Waals surface area contributed by atoms with Crippen molar-refractivity contribution in [2.24, 2.45) is 10.9 Å². The fourth-order valence-electron chi connectivity index (χ4n) is 1.97. The van der Waals surface area contributed by atoms with Gasteiger partial charge in [-0.2, -0.15) is 5.10 Å². The van der Waals surface area contributed by atoms with Crippen LogP contribution in [-0.4, -0.2) is 19.4 Å². The molecule has 1 aromatic heterocycles. The van der Waals surface area contributed by atoms with E-state index in [2.05, 4.69) is 27.3 Å². The summed E-state index contributed by atoms with van der Waals surface area (Å²) in [7, 11) is 1.93. The van der Waals surface area contributed by atoms with Crippen molar-refractivity contribution in [3.05, 3.63) is 36.1 Å². The maximum Gasteiger partial charge on any atom is 0.134 e. The highest BCUT2D eigenvalue weighted by Crippen LogP contribution is 2.25. The van der Waals surface area contributed by atoms with Gasteiger partial charge in [0.05, 0.1) is 6.04 Å². The molecule has 0 saturated carbocycles. The average Bonchev–Trinajstić information content (AvgIpc) is 2.90. The van der Waals surface area contributed by atoms with E-state index in [9.17, 15) is 0 Å². The van der Waals surface area contributed by atoms with Gasteiger partial charge < -0.3 is 21.0 Å². The van der Waals surface area contributed by atoms with Crippen molar-refractivity contribution in [3.8, 4) is 0 Å². The van der Waals surface area contributed by atoms with E-state index in [1.807, 2.05) is 31.3 Å². The number of benzene rings is 1. The number of hydrogen-bond donors (Lipinski definition) is 4. The first-order valence-electron chi connectivity index (χ1n) is 6.63. The Hall–Kier alpha value is -2.05. The molecule has 6 nitrogen and oxygen atoms in total. The quantitative estimate of drug-likeness (QED) is 0.277. The van der Waals surface area contributed by atoms with Crippen molar-refractivity contribution in [1.82, 2.24) is 16.2 Å². The van der Waals surface area contributed by atoms with Crippen molar-refractivity contribution >= 4 is 16.8 Å². The van der Waals surface area contributed by atoms with Gasteiger partial charge in [-0.05, 0) is 39.1 Å². The van der Waals surface area contributed by atoms with Gasteiger partial charge in [-0.3, -0.25) is 0 Å². The first kappa shape index (κ1) is 14.4. The summed E-state index contributed by atoms with van der Waals surface area (Å²) in [6.45, 7) is 2.66. The first-order valence-corrected chi connectivity index (χ1v) is 6.63. The minimum absolute atomic E-state index is 0.0338. The molecule has 0 aliphatic rings. The minimum Gasteiger partial charge on any atom is -0.459 e. The molecule has 2 rings (SSSR count). The summed E-state index contributed by atoms with van der Waals surface area (Å²) in [5, 5.41) is 7.81. The number of amidine groups is 1. The largest absolute Gasteiger partial charge is 0.459 e. The monoisotopic (exact) mass is 275 g/mol. The predicted octanol–water partition coefficient (Wildman–Crippen LogP) is 1.47. The lowest BCUT2D eigenvalue weighted by molar-refractivity contribution is 0.392. The summed E-state index contributed by atoms with van der Waals surface area (Å²) < 4.78 is 5.89. The molecule has 1 atom stereocenters. The van der Waals surface area contributed by atoms with Gasteiger partial charge in [-0.15, -0.1) is 0 Å². The van der Waals surface area contributed by atoms with Crippen LogP contribution in [0.15, 0.2) is 39.9 Å². The predicted molar refractivity (Wildman–Crippen MR) is 81.1 cm³/mol. The summed E-state index contributed by atoms with van der Waals surface area (Å²) in [6, 6.07) is 10.1. The molecule has 0 aliphatic heterocycles. The molecule has 0 bridgehead atoms. The van der Waals surface area contributed by atoms with Gasteiger partial charge in [0, 0.05) is 5.39 Å². The van der Waals surface area contributed by atoms with Gasteiger partial charge in [0.25, 0.3) is 0 Å². The van der Waals surface area contributed by atoms with Gasteiger partial charge in [-0.25, -0.2) is 5.43 Å². The molecule has 0 amide bonds. The Bertz CT molecular complexity index is 545. The van der Waals surface area contributed by atoms with Crippen molar-refractivity contribution in [2.45, 2.75) is 19.4 Å². The number of rotatable bonds is 6. The Labute approximate surface area is 118 Å². The lowest BCUT2D eigenvalue weighted by atomic mass is 10.1. The maximum atomic E-state index is 5.89. The number of nitrogens with two attached hydrogens (primary N) is 1. The van der Waals surface area contributed by atoms with E-state index in [0.717, 1.165) is 29.7 Å². The topological polar surface area (TPSA) is 87.6 Å². The second-order valence-corrected chi connectivity index (χ2v) is 4.62. The van der Waals surface area contributed by atoms with Crippen LogP contribution in [0.2, 0.25) is 0 Å². The second-order valence-electron chi connectivity index (χ2n) is 4.62. The molecule has 0 fully saturated rings. The SMILES string of the molecule is CNCCC(NN/C(C)=N\N)c1cc2ccccc2o1. The normalized spacial score (nSPS) is 13.6. The molecule has 0 saturated heterocycles. The van der Waals surface area contributed by atoms with Crippen LogP contribution >= 0.6 is 0 Å². The van der Waals surface area contributed by atoms with E-state index in [-0.39, 0.29) is 6.04 Å². The van der Waals surface area contributed by atoms with Crippen molar-refractivity contribution in [2.75, 3.05) is 13.6 Å². The highest BCUT2D eigenvalue weighted by molar-refractivity contribution is 5.79. The summed E-state index contributed by atoms with van der Waals surface area (Å²) in [6.07, 6.45) is 0.876. The lowest BCUT2D eigenvalue weighted by Gasteiger charge is -2.17. The van der Waals surface area contributed by atoms with Gasteiger partial charge >= 0.3 is 0 Å². The molecule has 6 heteroatoms. The smallest absolute Gasteiger partial charge is 0.134 e. The third-order valence-electron chi connectivity index (χ3n) is 3.09. The van der Waals surface area contributed by atoms with E-state index >= 15 is 0 Å². The van der Waals surface area contributed by atoms with E-state index in [0.29, 0.717) is 5.84 Å². The third kappa shape index (κ3) is 3.49. The molecule has 1 heterocycles. The Kier molecular flexibility index (Phi) is 4.97. The second kappa shape index (κ2) is 6.93. The number of para-hydroxylation sites is 1. The standard InChI is InChI=1S/C14H21N5O/c1-10(17-15)18-19-12(7-8-16-2)14-9-11-5-3-4-6-13(11)20-14/h3-6,9,12,16,19H,7-8,15H2,1-2H3,(H,17,18). The Morgan fingerprint density at radius 2 is 2.20 bits per heavy atom. The average molecular weight is 275 g/mol. The molecule has 20 heavy (non-hydrogen) atoms. The van der Waals surface area contributed by atoms with Crippen LogP contribution in [0.3, 0.4) is 0 Å². The Morgan fingerprint density at radius 1 is 1.40 bits per heavy atom. The Morgan fingerprint density at radius 3 is 2.90 bits per heavy atom.